The van der Waals surface area contributed by atoms with E-state index in [9.17, 15) is 9.18 Å². The third-order valence-corrected chi connectivity index (χ3v) is 6.01. The number of halogens is 1. The summed E-state index contributed by atoms with van der Waals surface area (Å²) >= 11 is 0. The molecular weight excluding hydrogens is 427 g/mol. The molecule has 0 aliphatic rings. The predicted molar refractivity (Wildman–Crippen MR) is 135 cm³/mol. The van der Waals surface area contributed by atoms with Crippen LogP contribution in [0.25, 0.3) is 22.5 Å². The van der Waals surface area contributed by atoms with Crippen molar-refractivity contribution in [3.05, 3.63) is 66.5 Å². The van der Waals surface area contributed by atoms with Gasteiger partial charge in [-0.25, -0.2) is 19.2 Å². The number of hydrogen-bond donors (Lipinski definition) is 0. The number of aryl methyl sites for hydroxylation is 1. The summed E-state index contributed by atoms with van der Waals surface area (Å²) in [6.07, 6.45) is 11.3. The molecule has 0 radical (unpaired) electrons. The highest BCUT2D eigenvalue weighted by molar-refractivity contribution is 5.81. The van der Waals surface area contributed by atoms with Gasteiger partial charge < -0.3 is 4.74 Å². The molecule has 0 spiro atoms. The van der Waals surface area contributed by atoms with Crippen LogP contribution in [0, 0.1) is 0 Å². The van der Waals surface area contributed by atoms with Gasteiger partial charge in [0.05, 0.1) is 0 Å². The van der Waals surface area contributed by atoms with E-state index in [0.717, 1.165) is 29.5 Å². The van der Waals surface area contributed by atoms with Gasteiger partial charge in [-0.05, 0) is 55.9 Å². The Hall–Kier alpha value is -3.08. The molecule has 0 saturated heterocycles. The van der Waals surface area contributed by atoms with Crippen LogP contribution < -0.4 is 4.74 Å². The molecule has 0 aliphatic carbocycles. The lowest BCUT2D eigenvalue weighted by molar-refractivity contribution is -0.147. The normalized spacial score (nSPS) is 12.8. The summed E-state index contributed by atoms with van der Waals surface area (Å²) in [4.78, 5) is 21.2. The smallest absolute Gasteiger partial charge is 0.348 e. The predicted octanol–water partition coefficient (Wildman–Crippen LogP) is 7.76. The number of ether oxygens (including phenoxy) is 1. The summed E-state index contributed by atoms with van der Waals surface area (Å²) in [5, 5.41) is 0. The zero-order chi connectivity index (χ0) is 24.4. The third kappa shape index (κ3) is 7.21. The molecule has 3 rings (SSSR count). The van der Waals surface area contributed by atoms with E-state index in [0.29, 0.717) is 18.0 Å². The molecule has 0 aliphatic heterocycles. The molecule has 1 heterocycles. The first-order chi connectivity index (χ1) is 16.4. The highest BCUT2D eigenvalue weighted by Gasteiger charge is 2.34. The largest absolute Gasteiger partial charge is 0.424 e. The first kappa shape index (κ1) is 25.5. The molecule has 1 atom stereocenters. The Balaban J connectivity index is 1.60. The summed E-state index contributed by atoms with van der Waals surface area (Å²) in [7, 11) is 0. The summed E-state index contributed by atoms with van der Waals surface area (Å²) in [6, 6.07) is 15.4. The van der Waals surface area contributed by atoms with E-state index in [1.165, 1.54) is 38.2 Å². The quantitative estimate of drug-likeness (QED) is 0.157. The second-order valence-electron chi connectivity index (χ2n) is 9.02. The second-order valence-corrected chi connectivity index (χ2v) is 9.02. The lowest BCUT2D eigenvalue weighted by Gasteiger charge is -2.18. The van der Waals surface area contributed by atoms with Crippen LogP contribution in [0.15, 0.2) is 60.9 Å². The van der Waals surface area contributed by atoms with Crippen molar-refractivity contribution in [2.45, 2.75) is 77.8 Å². The Morgan fingerprint density at radius 1 is 0.824 bits per heavy atom. The number of carbonyl (C=O) groups excluding carboxylic acids is 1. The van der Waals surface area contributed by atoms with E-state index >= 15 is 0 Å². The van der Waals surface area contributed by atoms with Crippen LogP contribution in [0.2, 0.25) is 0 Å². The van der Waals surface area contributed by atoms with Gasteiger partial charge in [0.25, 0.3) is 0 Å². The van der Waals surface area contributed by atoms with Crippen molar-refractivity contribution in [3.63, 3.8) is 0 Å². The molecule has 5 heteroatoms. The van der Waals surface area contributed by atoms with E-state index in [-0.39, 0.29) is 6.42 Å². The van der Waals surface area contributed by atoms with Crippen molar-refractivity contribution in [1.29, 1.82) is 0 Å². The van der Waals surface area contributed by atoms with E-state index in [4.69, 9.17) is 4.74 Å². The van der Waals surface area contributed by atoms with Crippen LogP contribution in [0.3, 0.4) is 0 Å². The fourth-order valence-electron chi connectivity index (χ4n) is 3.74. The van der Waals surface area contributed by atoms with Crippen molar-refractivity contribution in [2.24, 2.45) is 0 Å². The lowest BCUT2D eigenvalue weighted by Crippen LogP contribution is -2.34. The number of nitrogens with zero attached hydrogens (tertiary/aromatic N) is 2. The number of rotatable bonds is 12. The van der Waals surface area contributed by atoms with Gasteiger partial charge >= 0.3 is 5.97 Å². The number of benzene rings is 2. The van der Waals surface area contributed by atoms with Gasteiger partial charge in [-0.15, -0.1) is 0 Å². The zero-order valence-electron chi connectivity index (χ0n) is 20.5. The summed E-state index contributed by atoms with van der Waals surface area (Å²) < 4.78 is 19.7. The molecule has 34 heavy (non-hydrogen) atoms. The molecule has 180 valence electrons. The molecule has 0 bridgehead atoms. The minimum absolute atomic E-state index is 0.159. The average molecular weight is 463 g/mol. The van der Waals surface area contributed by atoms with E-state index in [2.05, 4.69) is 41.2 Å². The van der Waals surface area contributed by atoms with Crippen LogP contribution in [0.1, 0.15) is 71.3 Å². The monoisotopic (exact) mass is 462 g/mol. The van der Waals surface area contributed by atoms with Gasteiger partial charge in [-0.1, -0.05) is 75.9 Å². The lowest BCUT2D eigenvalue weighted by atomic mass is 10.0. The Labute approximate surface area is 202 Å². The van der Waals surface area contributed by atoms with E-state index < -0.39 is 11.6 Å². The summed E-state index contributed by atoms with van der Waals surface area (Å²) in [5.41, 5.74) is 2.10. The molecule has 0 saturated carbocycles. The Morgan fingerprint density at radius 2 is 1.44 bits per heavy atom. The number of hydrogen-bond acceptors (Lipinski definition) is 4. The maximum atomic E-state index is 14.5. The van der Waals surface area contributed by atoms with Gasteiger partial charge in [0.2, 0.25) is 5.67 Å². The maximum Gasteiger partial charge on any atom is 0.348 e. The number of unbranched alkanes of at least 4 members (excludes halogenated alkanes) is 4. The van der Waals surface area contributed by atoms with Crippen molar-refractivity contribution in [2.75, 3.05) is 0 Å². The van der Waals surface area contributed by atoms with E-state index in [1.807, 2.05) is 19.1 Å². The summed E-state index contributed by atoms with van der Waals surface area (Å²) in [5.74, 6) is 0.149. The molecule has 2 aromatic carbocycles. The Morgan fingerprint density at radius 3 is 2.06 bits per heavy atom. The minimum atomic E-state index is -1.98. The Kier molecular flexibility index (Phi) is 9.32. The second kappa shape index (κ2) is 12.4. The molecule has 4 nitrogen and oxygen atoms in total. The van der Waals surface area contributed by atoms with Crippen LogP contribution in [-0.2, 0) is 11.2 Å². The molecule has 1 unspecified atom stereocenters. The average Bonchev–Trinajstić information content (AvgIpc) is 2.86. The van der Waals surface area contributed by atoms with Crippen molar-refractivity contribution >= 4 is 5.97 Å². The number of carbonyl (C=O) groups is 1. The zero-order valence-corrected chi connectivity index (χ0v) is 20.5. The molecule has 0 N–H and O–H groups in total. The molecule has 3 aromatic rings. The molecular formula is C29H35FN2O2. The number of esters is 1. The highest BCUT2D eigenvalue weighted by Crippen LogP contribution is 2.26. The van der Waals surface area contributed by atoms with Crippen LogP contribution in [0.4, 0.5) is 4.39 Å². The standard InChI is InChI=1S/C29H35FN2O2/c1-4-6-8-9-10-22-11-13-24(14-12-22)27-31-20-25(21-32-27)23-15-17-26(18-16-23)34-28(33)29(3,30)19-7-5-2/h11-18,20-21H,4-10,19H2,1-3H3. The fraction of sp³-hybridized carbons (Fsp3) is 0.414. The SMILES string of the molecule is CCCCCCc1ccc(-c2ncc(-c3ccc(OC(=O)C(C)(F)CCCC)cc3)cn2)cc1. The maximum absolute atomic E-state index is 14.5. The van der Waals surface area contributed by atoms with Crippen LogP contribution in [-0.4, -0.2) is 21.6 Å². The van der Waals surface area contributed by atoms with E-state index in [1.54, 1.807) is 24.5 Å². The molecule has 1 aromatic heterocycles. The van der Waals surface area contributed by atoms with Gasteiger partial charge in [0.15, 0.2) is 5.82 Å². The highest BCUT2D eigenvalue weighted by atomic mass is 19.1. The first-order valence-electron chi connectivity index (χ1n) is 12.4. The first-order valence-corrected chi connectivity index (χ1v) is 12.4. The summed E-state index contributed by atoms with van der Waals surface area (Å²) in [6.45, 7) is 5.46. The molecule has 0 fully saturated rings. The Bertz CT molecular complexity index is 1030. The van der Waals surface area contributed by atoms with Crippen molar-refractivity contribution in [3.8, 4) is 28.3 Å². The minimum Gasteiger partial charge on any atom is -0.424 e. The van der Waals surface area contributed by atoms with Gasteiger partial charge in [0, 0.05) is 23.5 Å². The van der Waals surface area contributed by atoms with Gasteiger partial charge in [0.1, 0.15) is 5.75 Å². The fourth-order valence-corrected chi connectivity index (χ4v) is 3.74. The van der Waals surface area contributed by atoms with Gasteiger partial charge in [-0.2, -0.15) is 0 Å². The number of alkyl halides is 1. The third-order valence-electron chi connectivity index (χ3n) is 6.01. The van der Waals surface area contributed by atoms with Crippen LogP contribution >= 0.6 is 0 Å². The number of aromatic nitrogens is 2. The topological polar surface area (TPSA) is 52.1 Å². The molecule has 0 amide bonds. The van der Waals surface area contributed by atoms with Crippen molar-refractivity contribution in [1.82, 2.24) is 9.97 Å². The van der Waals surface area contributed by atoms with Crippen molar-refractivity contribution < 1.29 is 13.9 Å². The van der Waals surface area contributed by atoms with Crippen LogP contribution in [0.5, 0.6) is 5.75 Å². The van der Waals surface area contributed by atoms with Gasteiger partial charge in [-0.3, -0.25) is 0 Å².